The van der Waals surface area contributed by atoms with Crippen LogP contribution in [0.3, 0.4) is 0 Å². The summed E-state index contributed by atoms with van der Waals surface area (Å²) in [7, 11) is 0. The number of alkyl carbamates (subject to hydrolysis) is 1. The number of carbonyl (C=O) groups excluding carboxylic acids is 2. The Hall–Kier alpha value is -3.35. The minimum absolute atomic E-state index is 0.0746. The van der Waals surface area contributed by atoms with Crippen LogP contribution in [0, 0.1) is 5.92 Å². The standard InChI is InChI=1S/C27H32N2O5/c1-3-17(2)24(25(30)29-15-9-8-14-23(29)26(31)32)28-27(33)34-16-22-20-12-6-4-10-18(20)19-11-5-7-13-21(19)22/h4-7,10-13,17,22-24H,3,8-9,14-16H2,1-2H3,(H,28,33)(H,31,32). The molecule has 1 fully saturated rings. The van der Waals surface area contributed by atoms with E-state index in [1.54, 1.807) is 0 Å². The predicted molar refractivity (Wildman–Crippen MR) is 128 cm³/mol. The van der Waals surface area contributed by atoms with Gasteiger partial charge in [-0.3, -0.25) is 4.79 Å². The summed E-state index contributed by atoms with van der Waals surface area (Å²) in [5, 5.41) is 12.3. The molecule has 0 radical (unpaired) electrons. The third kappa shape index (κ3) is 4.65. The van der Waals surface area contributed by atoms with Gasteiger partial charge < -0.3 is 20.1 Å². The Morgan fingerprint density at radius 2 is 1.68 bits per heavy atom. The molecule has 1 aliphatic carbocycles. The number of likely N-dealkylation sites (tertiary alicyclic amines) is 1. The Kier molecular flexibility index (Phi) is 7.20. The maximum atomic E-state index is 13.3. The summed E-state index contributed by atoms with van der Waals surface area (Å²) in [4.78, 5) is 39.3. The van der Waals surface area contributed by atoms with Crippen molar-refractivity contribution >= 4 is 18.0 Å². The number of benzene rings is 2. The zero-order valence-corrected chi connectivity index (χ0v) is 19.7. The molecule has 34 heavy (non-hydrogen) atoms. The van der Waals surface area contributed by atoms with Crippen molar-refractivity contribution in [3.8, 4) is 11.1 Å². The minimum Gasteiger partial charge on any atom is -0.480 e. The van der Waals surface area contributed by atoms with Crippen LogP contribution in [0.5, 0.6) is 0 Å². The molecule has 1 aliphatic heterocycles. The fourth-order valence-corrected chi connectivity index (χ4v) is 5.08. The number of fused-ring (bicyclic) bond motifs is 3. The number of ether oxygens (including phenoxy) is 1. The third-order valence-corrected chi connectivity index (χ3v) is 7.17. The topological polar surface area (TPSA) is 95.9 Å². The quantitative estimate of drug-likeness (QED) is 0.633. The van der Waals surface area contributed by atoms with Gasteiger partial charge in [0.25, 0.3) is 0 Å². The first-order valence-corrected chi connectivity index (χ1v) is 12.1. The highest BCUT2D eigenvalue weighted by Crippen LogP contribution is 2.44. The molecule has 0 aromatic heterocycles. The normalized spacial score (nSPS) is 19.0. The van der Waals surface area contributed by atoms with Gasteiger partial charge in [0, 0.05) is 12.5 Å². The molecule has 4 rings (SSSR count). The smallest absolute Gasteiger partial charge is 0.407 e. The van der Waals surface area contributed by atoms with Gasteiger partial charge in [-0.1, -0.05) is 68.8 Å². The van der Waals surface area contributed by atoms with Crippen LogP contribution in [0.4, 0.5) is 4.79 Å². The number of nitrogens with one attached hydrogen (secondary N) is 1. The van der Waals surface area contributed by atoms with Crippen molar-refractivity contribution in [2.24, 2.45) is 5.92 Å². The predicted octanol–water partition coefficient (Wildman–Crippen LogP) is 4.41. The number of hydrogen-bond donors (Lipinski definition) is 2. The monoisotopic (exact) mass is 464 g/mol. The lowest BCUT2D eigenvalue weighted by atomic mass is 9.95. The second kappa shape index (κ2) is 10.3. The summed E-state index contributed by atoms with van der Waals surface area (Å²) < 4.78 is 5.64. The van der Waals surface area contributed by atoms with Crippen LogP contribution in [0.25, 0.3) is 11.1 Å². The van der Waals surface area contributed by atoms with E-state index in [1.165, 1.54) is 4.90 Å². The zero-order chi connectivity index (χ0) is 24.2. The van der Waals surface area contributed by atoms with Crippen molar-refractivity contribution in [2.75, 3.05) is 13.2 Å². The molecular weight excluding hydrogens is 432 g/mol. The Labute approximate surface area is 200 Å². The molecule has 2 aromatic carbocycles. The second-order valence-corrected chi connectivity index (χ2v) is 9.21. The molecule has 2 aromatic rings. The van der Waals surface area contributed by atoms with E-state index >= 15 is 0 Å². The number of nitrogens with zero attached hydrogens (tertiary/aromatic N) is 1. The third-order valence-electron chi connectivity index (χ3n) is 7.17. The van der Waals surface area contributed by atoms with Gasteiger partial charge in [0.05, 0.1) is 0 Å². The Morgan fingerprint density at radius 1 is 1.06 bits per heavy atom. The molecule has 7 nitrogen and oxygen atoms in total. The number of carboxylic acid groups (broad SMARTS) is 1. The van der Waals surface area contributed by atoms with Gasteiger partial charge in [0.2, 0.25) is 5.91 Å². The Bertz CT molecular complexity index is 1020. The van der Waals surface area contributed by atoms with Gasteiger partial charge >= 0.3 is 12.1 Å². The van der Waals surface area contributed by atoms with Gasteiger partial charge in [-0.2, -0.15) is 0 Å². The van der Waals surface area contributed by atoms with Gasteiger partial charge in [0.1, 0.15) is 18.7 Å². The van der Waals surface area contributed by atoms with Crippen LogP contribution in [0.1, 0.15) is 56.6 Å². The number of rotatable bonds is 7. The number of aliphatic carboxylic acids is 1. The van der Waals surface area contributed by atoms with Crippen molar-refractivity contribution in [3.63, 3.8) is 0 Å². The van der Waals surface area contributed by atoms with Crippen LogP contribution in [-0.4, -0.2) is 53.2 Å². The summed E-state index contributed by atoms with van der Waals surface area (Å²) in [5.41, 5.74) is 4.52. The van der Waals surface area contributed by atoms with E-state index in [4.69, 9.17) is 4.74 Å². The molecule has 3 unspecified atom stereocenters. The van der Waals surface area contributed by atoms with Gasteiger partial charge in [-0.15, -0.1) is 0 Å². The lowest BCUT2D eigenvalue weighted by Gasteiger charge is -2.36. The highest BCUT2D eigenvalue weighted by molar-refractivity contribution is 5.89. The Balaban J connectivity index is 1.46. The number of hydrogen-bond acceptors (Lipinski definition) is 4. The molecule has 1 heterocycles. The fraction of sp³-hybridized carbons (Fsp3) is 0.444. The lowest BCUT2D eigenvalue weighted by molar-refractivity contribution is -0.153. The van der Waals surface area contributed by atoms with E-state index in [1.807, 2.05) is 38.1 Å². The highest BCUT2D eigenvalue weighted by atomic mass is 16.5. The van der Waals surface area contributed by atoms with Gasteiger partial charge in [0.15, 0.2) is 0 Å². The first-order chi connectivity index (χ1) is 16.4. The minimum atomic E-state index is -1.00. The molecular formula is C27H32N2O5. The van der Waals surface area contributed by atoms with Crippen molar-refractivity contribution in [2.45, 2.75) is 57.5 Å². The Morgan fingerprint density at radius 3 is 2.26 bits per heavy atom. The van der Waals surface area contributed by atoms with Gasteiger partial charge in [-0.25, -0.2) is 9.59 Å². The summed E-state index contributed by atoms with van der Waals surface area (Å²) in [6.07, 6.45) is 1.96. The van der Waals surface area contributed by atoms with Crippen molar-refractivity contribution in [1.82, 2.24) is 10.2 Å². The lowest BCUT2D eigenvalue weighted by Crippen LogP contribution is -2.57. The van der Waals surface area contributed by atoms with Crippen LogP contribution in [0.15, 0.2) is 48.5 Å². The van der Waals surface area contributed by atoms with E-state index < -0.39 is 24.1 Å². The van der Waals surface area contributed by atoms with E-state index in [0.29, 0.717) is 19.4 Å². The summed E-state index contributed by atoms with van der Waals surface area (Å²) in [6.45, 7) is 4.36. The number of carbonyl (C=O) groups is 3. The van der Waals surface area contributed by atoms with Crippen LogP contribution < -0.4 is 5.32 Å². The highest BCUT2D eigenvalue weighted by Gasteiger charge is 2.38. The molecule has 2 N–H and O–H groups in total. The summed E-state index contributed by atoms with van der Waals surface area (Å²) in [5.74, 6) is -1.59. The van der Waals surface area contributed by atoms with Crippen LogP contribution >= 0.6 is 0 Å². The summed E-state index contributed by atoms with van der Waals surface area (Å²) >= 11 is 0. The molecule has 0 bridgehead atoms. The maximum absolute atomic E-state index is 13.3. The van der Waals surface area contributed by atoms with Crippen LogP contribution in [-0.2, 0) is 14.3 Å². The van der Waals surface area contributed by atoms with Crippen molar-refractivity contribution in [1.29, 1.82) is 0 Å². The van der Waals surface area contributed by atoms with E-state index in [2.05, 4.69) is 29.6 Å². The zero-order valence-electron chi connectivity index (χ0n) is 19.7. The maximum Gasteiger partial charge on any atom is 0.407 e. The van der Waals surface area contributed by atoms with E-state index in [0.717, 1.165) is 35.1 Å². The SMILES string of the molecule is CCC(C)C(NC(=O)OCC1c2ccccc2-c2ccccc21)C(=O)N1CCCCC1C(=O)O. The number of amides is 2. The molecule has 3 atom stereocenters. The molecule has 0 spiro atoms. The molecule has 1 saturated heterocycles. The van der Waals surface area contributed by atoms with Crippen LogP contribution in [0.2, 0.25) is 0 Å². The number of piperidine rings is 1. The van der Waals surface area contributed by atoms with Gasteiger partial charge in [-0.05, 0) is 47.4 Å². The largest absolute Gasteiger partial charge is 0.480 e. The fourth-order valence-electron chi connectivity index (χ4n) is 5.08. The first kappa shape index (κ1) is 23.8. The molecule has 7 heteroatoms. The molecule has 180 valence electrons. The first-order valence-electron chi connectivity index (χ1n) is 12.1. The second-order valence-electron chi connectivity index (χ2n) is 9.21. The average Bonchev–Trinajstić information content (AvgIpc) is 3.18. The average molecular weight is 465 g/mol. The molecule has 2 amide bonds. The number of carboxylic acids is 1. The van der Waals surface area contributed by atoms with E-state index in [9.17, 15) is 19.5 Å². The molecule has 0 saturated carbocycles. The van der Waals surface area contributed by atoms with Crippen molar-refractivity contribution < 1.29 is 24.2 Å². The van der Waals surface area contributed by atoms with E-state index in [-0.39, 0.29) is 24.3 Å². The van der Waals surface area contributed by atoms with Crippen molar-refractivity contribution in [3.05, 3.63) is 59.7 Å². The molecule has 2 aliphatic rings. The summed E-state index contributed by atoms with van der Waals surface area (Å²) in [6, 6.07) is 14.5.